The minimum atomic E-state index is -0.0995. The topological polar surface area (TPSA) is 48.5 Å². The van der Waals surface area contributed by atoms with Gasteiger partial charge >= 0.3 is 0 Å². The van der Waals surface area contributed by atoms with E-state index in [9.17, 15) is 5.48 Å². The van der Waals surface area contributed by atoms with Crippen molar-refractivity contribution < 1.29 is 8.22 Å². The Kier molecular flexibility index (Phi) is 6.10. The molecule has 0 amide bonds. The first-order chi connectivity index (χ1) is 30.2. The quantitative estimate of drug-likeness (QED) is 0.172. The molecule has 0 fully saturated rings. The maximum absolute atomic E-state index is 9.35. The summed E-state index contributed by atoms with van der Waals surface area (Å²) >= 11 is 0. The summed E-state index contributed by atoms with van der Waals surface area (Å²) in [6.45, 7) is 0. The molecule has 0 radical (unpaired) electrons. The van der Waals surface area contributed by atoms with E-state index in [1.807, 2.05) is 156 Å². The van der Waals surface area contributed by atoms with E-state index in [2.05, 4.69) is 0 Å². The highest BCUT2D eigenvalue weighted by atomic mass is 15.2. The van der Waals surface area contributed by atoms with Gasteiger partial charge in [-0.15, -0.1) is 0 Å². The van der Waals surface area contributed by atoms with Crippen LogP contribution in [0.15, 0.2) is 200 Å². The molecule has 5 nitrogen and oxygen atoms in total. The van der Waals surface area contributed by atoms with Gasteiger partial charge in [-0.25, -0.2) is 4.98 Å². The molecule has 0 atom stereocenters. The third-order valence-corrected chi connectivity index (χ3v) is 10.3. The van der Waals surface area contributed by atoms with Gasteiger partial charge in [0.15, 0.2) is 11.6 Å². The lowest BCUT2D eigenvalue weighted by atomic mass is 10.0. The fourth-order valence-corrected chi connectivity index (χ4v) is 7.73. The van der Waals surface area contributed by atoms with Crippen LogP contribution in [0.1, 0.15) is 8.22 Å². The van der Waals surface area contributed by atoms with E-state index >= 15 is 0 Å². The molecule has 0 spiro atoms. The van der Waals surface area contributed by atoms with Crippen molar-refractivity contribution >= 4 is 43.6 Å². The lowest BCUT2D eigenvalue weighted by molar-refractivity contribution is 0.954. The highest BCUT2D eigenvalue weighted by Gasteiger charge is 2.21. The molecule has 11 aromatic rings. The molecule has 11 rings (SSSR count). The van der Waals surface area contributed by atoms with Crippen LogP contribution in [0.25, 0.3) is 100 Å². The van der Waals surface area contributed by atoms with Crippen molar-refractivity contribution in [3.63, 3.8) is 0 Å². The van der Waals surface area contributed by atoms with E-state index in [4.69, 9.17) is 17.7 Å². The van der Waals surface area contributed by atoms with E-state index in [-0.39, 0.29) is 42.2 Å². The van der Waals surface area contributed by atoms with Gasteiger partial charge in [0.05, 0.1) is 30.3 Å². The third kappa shape index (κ3) is 5.29. The van der Waals surface area contributed by atoms with Gasteiger partial charge in [0.2, 0.25) is 5.95 Å². The van der Waals surface area contributed by atoms with Crippen LogP contribution in [0.2, 0.25) is 0 Å². The Hall–Kier alpha value is -7.63. The Morgan fingerprint density at radius 1 is 0.339 bits per heavy atom. The van der Waals surface area contributed by atoms with Crippen LogP contribution >= 0.6 is 0 Å². The Balaban J connectivity index is 1.25. The van der Waals surface area contributed by atoms with Crippen LogP contribution in [-0.4, -0.2) is 24.1 Å². The number of nitrogens with zero attached hydrogens (tertiary/aromatic N) is 5. The van der Waals surface area contributed by atoms with Crippen molar-refractivity contribution in [3.05, 3.63) is 200 Å². The average Bonchev–Trinajstić information content (AvgIpc) is 3.84. The SMILES string of the molecule is [2H]c1cc([2H])c2c(c1[2H])c1cc3c(cc1n2-c1cccc(-c2ccccc2)c1)c1c([2H])c([2H])cc([2H])c1n3-c1nc(-c2ccccc2)nc(-c2cccc(-c3ccccc3)c2)n1. The molecular weight excluding hydrogens is 683 g/mol. The molecule has 0 aliphatic rings. The normalized spacial score (nSPS) is 13.1. The lowest BCUT2D eigenvalue weighted by Crippen LogP contribution is -2.06. The molecule has 5 heteroatoms. The minimum Gasteiger partial charge on any atom is -0.309 e. The smallest absolute Gasteiger partial charge is 0.238 e. The molecule has 0 bridgehead atoms. The first-order valence-electron chi connectivity index (χ1n) is 21.4. The van der Waals surface area contributed by atoms with Gasteiger partial charge in [-0.2, -0.15) is 9.97 Å². The van der Waals surface area contributed by atoms with Crippen molar-refractivity contribution in [2.45, 2.75) is 0 Å². The molecule has 3 aromatic heterocycles. The summed E-state index contributed by atoms with van der Waals surface area (Å²) in [5.41, 5.74) is 8.26. The van der Waals surface area contributed by atoms with Crippen LogP contribution in [0, 0.1) is 0 Å². The van der Waals surface area contributed by atoms with Crippen molar-refractivity contribution in [2.75, 3.05) is 0 Å². The Morgan fingerprint density at radius 3 is 1.45 bits per heavy atom. The van der Waals surface area contributed by atoms with Gasteiger partial charge in [0, 0.05) is 38.4 Å². The molecule has 0 aliphatic carbocycles. The molecule has 262 valence electrons. The van der Waals surface area contributed by atoms with E-state index < -0.39 is 0 Å². The summed E-state index contributed by atoms with van der Waals surface area (Å²) in [5, 5.41) is 1.98. The second-order valence-corrected chi connectivity index (χ2v) is 13.6. The van der Waals surface area contributed by atoms with Crippen molar-refractivity contribution in [1.29, 1.82) is 0 Å². The zero-order chi connectivity index (χ0) is 42.2. The largest absolute Gasteiger partial charge is 0.309 e. The van der Waals surface area contributed by atoms with Gasteiger partial charge in [-0.1, -0.05) is 158 Å². The molecule has 56 heavy (non-hydrogen) atoms. The van der Waals surface area contributed by atoms with Crippen LogP contribution in [0.4, 0.5) is 0 Å². The fraction of sp³-hybridized carbons (Fsp3) is 0. The van der Waals surface area contributed by atoms with Crippen LogP contribution in [-0.2, 0) is 0 Å². The first-order valence-corrected chi connectivity index (χ1v) is 18.4. The van der Waals surface area contributed by atoms with Gasteiger partial charge in [-0.3, -0.25) is 4.57 Å². The molecule has 3 heterocycles. The fourth-order valence-electron chi connectivity index (χ4n) is 7.73. The molecule has 0 N–H and O–H groups in total. The summed E-state index contributed by atoms with van der Waals surface area (Å²) in [5.74, 6) is 1.01. The van der Waals surface area contributed by atoms with Crippen molar-refractivity contribution in [1.82, 2.24) is 24.1 Å². The highest BCUT2D eigenvalue weighted by Crippen LogP contribution is 2.40. The molecule has 8 aromatic carbocycles. The third-order valence-electron chi connectivity index (χ3n) is 10.3. The van der Waals surface area contributed by atoms with Crippen molar-refractivity contribution in [3.8, 4) is 56.7 Å². The van der Waals surface area contributed by atoms with Gasteiger partial charge < -0.3 is 4.57 Å². The summed E-state index contributed by atoms with van der Waals surface area (Å²) in [6, 6.07) is 52.1. The van der Waals surface area contributed by atoms with Gasteiger partial charge in [-0.05, 0) is 64.7 Å². The van der Waals surface area contributed by atoms with Crippen LogP contribution < -0.4 is 0 Å². The molecule has 0 saturated heterocycles. The van der Waals surface area contributed by atoms with Crippen LogP contribution in [0.5, 0.6) is 0 Å². The maximum Gasteiger partial charge on any atom is 0.238 e. The standard InChI is InChI=1S/C51H33N5/c1-4-16-34(17-5-1)37-22-14-24-39(30-37)50-52-49(36-20-8-3-9-21-36)53-51(54-50)56-46-29-13-11-27-42(46)44-32-47-43(33-48(44)56)41-26-10-12-28-45(41)55(47)40-25-15-23-38(31-40)35-18-6-2-7-19-35/h1-33H/i10D,11D,26D,27D,28D,29D. The van der Waals surface area contributed by atoms with Crippen molar-refractivity contribution in [2.24, 2.45) is 0 Å². The average molecular weight is 722 g/mol. The number of fused-ring (bicyclic) bond motifs is 6. The first kappa shape index (κ1) is 26.2. The van der Waals surface area contributed by atoms with Gasteiger partial charge in [0.25, 0.3) is 0 Å². The number of benzene rings is 8. The minimum absolute atomic E-state index is 0.0162. The maximum atomic E-state index is 9.35. The zero-order valence-corrected chi connectivity index (χ0v) is 29.8. The monoisotopic (exact) mass is 721 g/mol. The number of aromatic nitrogens is 5. The zero-order valence-electron chi connectivity index (χ0n) is 35.8. The number of rotatable bonds is 6. The number of hydrogen-bond acceptors (Lipinski definition) is 3. The summed E-state index contributed by atoms with van der Waals surface area (Å²) in [6.07, 6.45) is 0. The second-order valence-electron chi connectivity index (χ2n) is 13.6. The Bertz CT molecular complexity index is 3590. The number of para-hydroxylation sites is 2. The molecule has 0 aliphatic heterocycles. The summed E-state index contributed by atoms with van der Waals surface area (Å²) < 4.78 is 58.4. The second kappa shape index (κ2) is 13.0. The van der Waals surface area contributed by atoms with E-state index in [0.717, 1.165) is 39.1 Å². The number of hydrogen-bond donors (Lipinski definition) is 0. The van der Waals surface area contributed by atoms with E-state index in [1.54, 1.807) is 4.57 Å². The summed E-state index contributed by atoms with van der Waals surface area (Å²) in [4.78, 5) is 15.2. The lowest BCUT2D eigenvalue weighted by Gasteiger charge is -2.12. The highest BCUT2D eigenvalue weighted by molar-refractivity contribution is 6.19. The predicted octanol–water partition coefficient (Wildman–Crippen LogP) is 12.7. The van der Waals surface area contributed by atoms with Crippen LogP contribution in [0.3, 0.4) is 0 Å². The molecule has 0 saturated carbocycles. The van der Waals surface area contributed by atoms with Gasteiger partial charge in [0.1, 0.15) is 0 Å². The molecule has 0 unspecified atom stereocenters. The Morgan fingerprint density at radius 2 is 0.821 bits per heavy atom. The van der Waals surface area contributed by atoms with E-state index in [1.165, 1.54) is 12.1 Å². The Labute approximate surface area is 331 Å². The summed E-state index contributed by atoms with van der Waals surface area (Å²) in [7, 11) is 0. The molecular formula is C51H33N5. The van der Waals surface area contributed by atoms with E-state index in [0.29, 0.717) is 55.3 Å². The predicted molar refractivity (Wildman–Crippen MR) is 230 cm³/mol.